The molecule has 0 unspecified atom stereocenters. The highest BCUT2D eigenvalue weighted by Gasteiger charge is 1.99. The number of thiazole rings is 1. The highest BCUT2D eigenvalue weighted by Crippen LogP contribution is 2.13. The highest BCUT2D eigenvalue weighted by atomic mass is 32.1. The van der Waals surface area contributed by atoms with Crippen LogP contribution in [0.4, 0.5) is 5.82 Å². The Labute approximate surface area is 93.2 Å². The maximum absolute atomic E-state index is 4.36. The zero-order valence-corrected chi connectivity index (χ0v) is 9.64. The average Bonchev–Trinajstić information content (AvgIpc) is 2.62. The fraction of sp³-hybridized carbons (Fsp3) is 0.273. The van der Waals surface area contributed by atoms with Crippen LogP contribution in [-0.4, -0.2) is 9.97 Å². The van der Waals surface area contributed by atoms with Gasteiger partial charge in [0, 0.05) is 16.8 Å². The molecule has 0 fully saturated rings. The number of nitrogens with one attached hydrogen (secondary N) is 1. The van der Waals surface area contributed by atoms with Gasteiger partial charge in [-0.1, -0.05) is 6.07 Å². The Morgan fingerprint density at radius 1 is 1.33 bits per heavy atom. The number of rotatable bonds is 3. The number of aryl methyl sites for hydroxylation is 2. The molecule has 2 heterocycles. The Morgan fingerprint density at radius 3 is 2.87 bits per heavy atom. The Balaban J connectivity index is 1.99. The van der Waals surface area contributed by atoms with Gasteiger partial charge in [0.2, 0.25) is 0 Å². The molecule has 0 spiro atoms. The topological polar surface area (TPSA) is 37.8 Å². The molecule has 0 atom stereocenters. The van der Waals surface area contributed by atoms with Crippen LogP contribution >= 0.6 is 11.3 Å². The standard InChI is InChI=1S/C11H13N3S/c1-8-4-3-5-10(14-8)12-7-11-13-6-9(2)15-11/h3-6H,7H2,1-2H3,(H,12,14). The molecule has 0 bridgehead atoms. The first-order valence-electron chi connectivity index (χ1n) is 4.83. The fourth-order valence-electron chi connectivity index (χ4n) is 1.29. The van der Waals surface area contributed by atoms with E-state index < -0.39 is 0 Å². The molecule has 0 aliphatic carbocycles. The molecule has 0 aliphatic heterocycles. The summed E-state index contributed by atoms with van der Waals surface area (Å²) in [7, 11) is 0. The summed E-state index contributed by atoms with van der Waals surface area (Å²) in [4.78, 5) is 9.88. The Hall–Kier alpha value is -1.42. The predicted octanol–water partition coefficient (Wildman–Crippen LogP) is 2.77. The van der Waals surface area contributed by atoms with Crippen LogP contribution in [0, 0.1) is 13.8 Å². The van der Waals surface area contributed by atoms with Crippen LogP contribution in [0.25, 0.3) is 0 Å². The third-order valence-corrected chi connectivity index (χ3v) is 2.89. The van der Waals surface area contributed by atoms with Crippen LogP contribution < -0.4 is 5.32 Å². The molecule has 4 heteroatoms. The third kappa shape index (κ3) is 2.76. The minimum Gasteiger partial charge on any atom is -0.364 e. The van der Waals surface area contributed by atoms with E-state index in [1.165, 1.54) is 4.88 Å². The molecule has 1 N–H and O–H groups in total. The van der Waals surface area contributed by atoms with Crippen molar-refractivity contribution in [2.24, 2.45) is 0 Å². The van der Waals surface area contributed by atoms with Crippen LogP contribution in [0.3, 0.4) is 0 Å². The average molecular weight is 219 g/mol. The summed E-state index contributed by atoms with van der Waals surface area (Å²) in [5.41, 5.74) is 1.02. The molecule has 2 rings (SSSR count). The third-order valence-electron chi connectivity index (χ3n) is 1.98. The lowest BCUT2D eigenvalue weighted by Crippen LogP contribution is -2.01. The van der Waals surface area contributed by atoms with E-state index in [0.717, 1.165) is 23.1 Å². The molecule has 0 radical (unpaired) electrons. The molecular weight excluding hydrogens is 206 g/mol. The molecule has 0 amide bonds. The van der Waals surface area contributed by atoms with Crippen molar-refractivity contribution in [3.63, 3.8) is 0 Å². The first kappa shape index (κ1) is 10.1. The van der Waals surface area contributed by atoms with Crippen molar-refractivity contribution in [1.29, 1.82) is 0 Å². The number of aromatic nitrogens is 2. The number of hydrogen-bond acceptors (Lipinski definition) is 4. The van der Waals surface area contributed by atoms with Gasteiger partial charge < -0.3 is 5.32 Å². The van der Waals surface area contributed by atoms with E-state index in [-0.39, 0.29) is 0 Å². The summed E-state index contributed by atoms with van der Waals surface area (Å²) < 4.78 is 0. The first-order valence-corrected chi connectivity index (χ1v) is 5.64. The van der Waals surface area contributed by atoms with Crippen molar-refractivity contribution < 1.29 is 0 Å². The molecule has 15 heavy (non-hydrogen) atoms. The summed E-state index contributed by atoms with van der Waals surface area (Å²) in [6.07, 6.45) is 1.89. The van der Waals surface area contributed by atoms with Crippen LogP contribution in [0.1, 0.15) is 15.6 Å². The van der Waals surface area contributed by atoms with E-state index >= 15 is 0 Å². The zero-order chi connectivity index (χ0) is 10.7. The number of hydrogen-bond donors (Lipinski definition) is 1. The SMILES string of the molecule is Cc1cccc(NCc2ncc(C)s2)n1. The lowest BCUT2D eigenvalue weighted by atomic mass is 10.4. The van der Waals surface area contributed by atoms with Crippen LogP contribution in [0.2, 0.25) is 0 Å². The second kappa shape index (κ2) is 4.40. The van der Waals surface area contributed by atoms with E-state index in [1.807, 2.05) is 31.3 Å². The molecular formula is C11H13N3S. The zero-order valence-electron chi connectivity index (χ0n) is 8.82. The second-order valence-electron chi connectivity index (χ2n) is 3.38. The summed E-state index contributed by atoms with van der Waals surface area (Å²) in [5, 5.41) is 4.35. The lowest BCUT2D eigenvalue weighted by molar-refractivity contribution is 1.06. The second-order valence-corrected chi connectivity index (χ2v) is 4.70. The minimum atomic E-state index is 0.745. The van der Waals surface area contributed by atoms with E-state index in [1.54, 1.807) is 11.3 Å². The van der Waals surface area contributed by atoms with Crippen LogP contribution in [-0.2, 0) is 6.54 Å². The first-order chi connectivity index (χ1) is 7.24. The molecule has 2 aromatic rings. The predicted molar refractivity (Wildman–Crippen MR) is 63.2 cm³/mol. The van der Waals surface area contributed by atoms with E-state index in [4.69, 9.17) is 0 Å². The molecule has 2 aromatic heterocycles. The molecule has 0 saturated heterocycles. The maximum Gasteiger partial charge on any atom is 0.126 e. The molecule has 0 aliphatic rings. The summed E-state index contributed by atoms with van der Waals surface area (Å²) in [6.45, 7) is 4.79. The van der Waals surface area contributed by atoms with Crippen molar-refractivity contribution in [3.05, 3.63) is 40.0 Å². The molecule has 0 saturated carbocycles. The van der Waals surface area contributed by atoms with Gasteiger partial charge in [-0.25, -0.2) is 9.97 Å². The Kier molecular flexibility index (Phi) is 2.97. The van der Waals surface area contributed by atoms with Gasteiger partial charge in [0.05, 0.1) is 6.54 Å². The van der Waals surface area contributed by atoms with Crippen molar-refractivity contribution in [2.75, 3.05) is 5.32 Å². The van der Waals surface area contributed by atoms with Gasteiger partial charge in [0.25, 0.3) is 0 Å². The maximum atomic E-state index is 4.36. The van der Waals surface area contributed by atoms with E-state index in [9.17, 15) is 0 Å². The van der Waals surface area contributed by atoms with Crippen LogP contribution in [0.15, 0.2) is 24.4 Å². The van der Waals surface area contributed by atoms with Crippen molar-refractivity contribution in [1.82, 2.24) is 9.97 Å². The molecule has 0 aromatic carbocycles. The monoisotopic (exact) mass is 219 g/mol. The minimum absolute atomic E-state index is 0.745. The van der Waals surface area contributed by atoms with E-state index in [0.29, 0.717) is 0 Å². The van der Waals surface area contributed by atoms with Crippen molar-refractivity contribution in [3.8, 4) is 0 Å². The van der Waals surface area contributed by atoms with Gasteiger partial charge in [-0.2, -0.15) is 0 Å². The number of nitrogens with zero attached hydrogens (tertiary/aromatic N) is 2. The van der Waals surface area contributed by atoms with Gasteiger partial charge in [-0.3, -0.25) is 0 Å². The summed E-state index contributed by atoms with van der Waals surface area (Å²) >= 11 is 1.71. The normalized spacial score (nSPS) is 10.3. The highest BCUT2D eigenvalue weighted by molar-refractivity contribution is 7.11. The Bertz CT molecular complexity index is 451. The van der Waals surface area contributed by atoms with Gasteiger partial charge in [-0.15, -0.1) is 11.3 Å². The summed E-state index contributed by atoms with van der Waals surface area (Å²) in [5.74, 6) is 0.905. The van der Waals surface area contributed by atoms with Gasteiger partial charge in [-0.05, 0) is 26.0 Å². The Morgan fingerprint density at radius 2 is 2.20 bits per heavy atom. The fourth-order valence-corrected chi connectivity index (χ4v) is 2.02. The molecule has 78 valence electrons. The smallest absolute Gasteiger partial charge is 0.126 e. The quantitative estimate of drug-likeness (QED) is 0.862. The number of anilines is 1. The largest absolute Gasteiger partial charge is 0.364 e. The van der Waals surface area contributed by atoms with Gasteiger partial charge in [0.1, 0.15) is 10.8 Å². The molecule has 3 nitrogen and oxygen atoms in total. The van der Waals surface area contributed by atoms with Gasteiger partial charge >= 0.3 is 0 Å². The van der Waals surface area contributed by atoms with Crippen LogP contribution in [0.5, 0.6) is 0 Å². The van der Waals surface area contributed by atoms with Crippen molar-refractivity contribution >= 4 is 17.2 Å². The summed E-state index contributed by atoms with van der Waals surface area (Å²) in [6, 6.07) is 5.95. The van der Waals surface area contributed by atoms with Gasteiger partial charge in [0.15, 0.2) is 0 Å². The van der Waals surface area contributed by atoms with Crippen molar-refractivity contribution in [2.45, 2.75) is 20.4 Å². The lowest BCUT2D eigenvalue weighted by Gasteiger charge is -2.03. The number of pyridine rings is 1. The van der Waals surface area contributed by atoms with E-state index in [2.05, 4.69) is 22.2 Å².